The van der Waals surface area contributed by atoms with Crippen LogP contribution in [0, 0.1) is 6.92 Å². The third-order valence-electron chi connectivity index (χ3n) is 4.74. The van der Waals surface area contributed by atoms with Crippen LogP contribution >= 0.6 is 11.3 Å². The minimum Gasteiger partial charge on any atom is -0.493 e. The number of carbonyl (C=O) groups is 1. The second-order valence-electron chi connectivity index (χ2n) is 6.46. The van der Waals surface area contributed by atoms with E-state index in [-0.39, 0.29) is 12.5 Å². The summed E-state index contributed by atoms with van der Waals surface area (Å²) in [6, 6.07) is 17.8. The van der Waals surface area contributed by atoms with Crippen molar-refractivity contribution < 1.29 is 18.8 Å². The highest BCUT2D eigenvalue weighted by atomic mass is 32.1. The van der Waals surface area contributed by atoms with Gasteiger partial charge in [0.25, 0.3) is 5.91 Å². The summed E-state index contributed by atoms with van der Waals surface area (Å²) in [7, 11) is 3.16. The Labute approximate surface area is 167 Å². The van der Waals surface area contributed by atoms with Crippen LogP contribution in [0.15, 0.2) is 54.6 Å². The van der Waals surface area contributed by atoms with E-state index in [1.807, 2.05) is 19.1 Å². The fourth-order valence-electron chi connectivity index (χ4n) is 3.42. The number of amides is 1. The standard InChI is InChI=1S/C22H20N2O3S/c1-14-24(22-17-7-5-4-6-15(17)8-11-20(22)28-14)13-21(25)23-16-9-10-18(26-2)19(12-16)27-3/h4-12H,13H2,1-3H3/p+1. The number of aryl methyl sites for hydroxylation is 1. The van der Waals surface area contributed by atoms with Crippen molar-refractivity contribution in [1.29, 1.82) is 0 Å². The molecule has 0 unspecified atom stereocenters. The van der Waals surface area contributed by atoms with Gasteiger partial charge in [0.15, 0.2) is 11.5 Å². The zero-order chi connectivity index (χ0) is 19.7. The second kappa shape index (κ2) is 7.48. The molecule has 1 heterocycles. The predicted octanol–water partition coefficient (Wildman–Crippen LogP) is 4.31. The highest BCUT2D eigenvalue weighted by molar-refractivity contribution is 7.18. The number of fused-ring (bicyclic) bond motifs is 3. The van der Waals surface area contributed by atoms with E-state index in [9.17, 15) is 4.79 Å². The zero-order valence-electron chi connectivity index (χ0n) is 16.0. The molecular weight excluding hydrogens is 372 g/mol. The molecule has 4 rings (SSSR count). The number of anilines is 1. The topological polar surface area (TPSA) is 51.4 Å². The number of hydrogen-bond donors (Lipinski definition) is 1. The molecule has 0 aliphatic rings. The number of benzene rings is 3. The summed E-state index contributed by atoms with van der Waals surface area (Å²) >= 11 is 1.70. The first kappa shape index (κ1) is 18.3. The molecule has 142 valence electrons. The normalized spacial score (nSPS) is 11.0. The zero-order valence-corrected chi connectivity index (χ0v) is 16.8. The van der Waals surface area contributed by atoms with Crippen LogP contribution in [0.1, 0.15) is 5.01 Å². The molecule has 4 aromatic rings. The van der Waals surface area contributed by atoms with Gasteiger partial charge in [0, 0.05) is 18.7 Å². The van der Waals surface area contributed by atoms with Gasteiger partial charge in [0.1, 0.15) is 4.70 Å². The number of nitrogens with one attached hydrogen (secondary N) is 1. The smallest absolute Gasteiger partial charge is 0.290 e. The maximum absolute atomic E-state index is 12.8. The molecular formula is C22H21N2O3S+. The van der Waals surface area contributed by atoms with Crippen molar-refractivity contribution in [1.82, 2.24) is 0 Å². The number of methoxy groups -OCH3 is 2. The lowest BCUT2D eigenvalue weighted by Crippen LogP contribution is -2.41. The van der Waals surface area contributed by atoms with E-state index >= 15 is 0 Å². The quantitative estimate of drug-likeness (QED) is 0.514. The summed E-state index contributed by atoms with van der Waals surface area (Å²) in [5.41, 5.74) is 1.77. The minimum atomic E-state index is -0.0899. The first-order chi connectivity index (χ1) is 13.6. The van der Waals surface area contributed by atoms with Crippen LogP contribution in [0.4, 0.5) is 5.69 Å². The maximum atomic E-state index is 12.8. The number of nitrogens with zero attached hydrogens (tertiary/aromatic N) is 1. The largest absolute Gasteiger partial charge is 0.493 e. The van der Waals surface area contributed by atoms with Crippen molar-refractivity contribution in [3.05, 3.63) is 59.6 Å². The molecule has 6 heteroatoms. The van der Waals surface area contributed by atoms with Gasteiger partial charge in [-0.05, 0) is 29.7 Å². The first-order valence-electron chi connectivity index (χ1n) is 8.93. The van der Waals surface area contributed by atoms with Crippen molar-refractivity contribution in [2.75, 3.05) is 19.5 Å². The van der Waals surface area contributed by atoms with E-state index in [1.165, 1.54) is 10.1 Å². The van der Waals surface area contributed by atoms with E-state index in [0.717, 1.165) is 15.9 Å². The van der Waals surface area contributed by atoms with Crippen LogP contribution in [0.2, 0.25) is 0 Å². The fourth-order valence-corrected chi connectivity index (χ4v) is 4.45. The molecule has 0 spiro atoms. The molecule has 0 bridgehead atoms. The maximum Gasteiger partial charge on any atom is 0.290 e. The van der Waals surface area contributed by atoms with Gasteiger partial charge in [-0.3, -0.25) is 4.79 Å². The Hall–Kier alpha value is -3.12. The molecule has 0 saturated heterocycles. The van der Waals surface area contributed by atoms with Gasteiger partial charge in [-0.1, -0.05) is 35.6 Å². The SMILES string of the molecule is COc1ccc(NC(=O)C[n+]2c(C)sc3ccc4ccccc4c32)cc1OC. The lowest BCUT2D eigenvalue weighted by Gasteiger charge is -2.10. The lowest BCUT2D eigenvalue weighted by molar-refractivity contribution is -0.658. The number of carbonyl (C=O) groups excluding carboxylic acids is 1. The Morgan fingerprint density at radius 3 is 2.61 bits per heavy atom. The Morgan fingerprint density at radius 2 is 1.82 bits per heavy atom. The van der Waals surface area contributed by atoms with E-state index in [1.54, 1.807) is 43.8 Å². The van der Waals surface area contributed by atoms with Crippen molar-refractivity contribution in [3.63, 3.8) is 0 Å². The molecule has 0 aliphatic carbocycles. The molecule has 1 N–H and O–H groups in total. The average molecular weight is 393 g/mol. The van der Waals surface area contributed by atoms with Gasteiger partial charge >= 0.3 is 0 Å². The van der Waals surface area contributed by atoms with Crippen molar-refractivity contribution in [3.8, 4) is 11.5 Å². The van der Waals surface area contributed by atoms with Crippen molar-refractivity contribution in [2.24, 2.45) is 0 Å². The summed E-state index contributed by atoms with van der Waals surface area (Å²) < 4.78 is 13.8. The number of rotatable bonds is 5. The molecule has 1 amide bonds. The fraction of sp³-hybridized carbons (Fsp3) is 0.182. The molecule has 28 heavy (non-hydrogen) atoms. The van der Waals surface area contributed by atoms with Crippen LogP contribution in [-0.2, 0) is 11.3 Å². The first-order valence-corrected chi connectivity index (χ1v) is 9.75. The van der Waals surface area contributed by atoms with Crippen LogP contribution in [0.5, 0.6) is 11.5 Å². The molecule has 5 nitrogen and oxygen atoms in total. The van der Waals surface area contributed by atoms with Crippen molar-refractivity contribution in [2.45, 2.75) is 13.5 Å². The van der Waals surface area contributed by atoms with Crippen LogP contribution in [0.3, 0.4) is 0 Å². The van der Waals surface area contributed by atoms with E-state index in [0.29, 0.717) is 17.2 Å². The summed E-state index contributed by atoms with van der Waals surface area (Å²) in [6.45, 7) is 2.29. The van der Waals surface area contributed by atoms with Crippen molar-refractivity contribution >= 4 is 43.9 Å². The third kappa shape index (κ3) is 3.27. The molecule has 0 aliphatic heterocycles. The van der Waals surface area contributed by atoms with Gasteiger partial charge in [-0.15, -0.1) is 0 Å². The van der Waals surface area contributed by atoms with E-state index in [2.05, 4.69) is 34.1 Å². The molecule has 0 radical (unpaired) electrons. The Morgan fingerprint density at radius 1 is 1.04 bits per heavy atom. The Kier molecular flexibility index (Phi) is 4.88. The van der Waals surface area contributed by atoms with E-state index in [4.69, 9.17) is 9.47 Å². The van der Waals surface area contributed by atoms with Crippen LogP contribution in [-0.4, -0.2) is 20.1 Å². The highest BCUT2D eigenvalue weighted by Crippen LogP contribution is 2.30. The minimum absolute atomic E-state index is 0.0899. The average Bonchev–Trinajstić information content (AvgIpc) is 3.03. The van der Waals surface area contributed by atoms with Crippen LogP contribution in [0.25, 0.3) is 21.0 Å². The van der Waals surface area contributed by atoms with Gasteiger partial charge in [-0.25, -0.2) is 0 Å². The Bertz CT molecular complexity index is 1180. The number of thiazole rings is 1. The summed E-state index contributed by atoms with van der Waals surface area (Å²) in [5, 5.41) is 6.37. The highest BCUT2D eigenvalue weighted by Gasteiger charge is 2.22. The monoisotopic (exact) mass is 393 g/mol. The molecule has 1 aromatic heterocycles. The summed E-state index contributed by atoms with van der Waals surface area (Å²) in [6.07, 6.45) is 0. The lowest BCUT2D eigenvalue weighted by atomic mass is 10.1. The number of ether oxygens (including phenoxy) is 2. The van der Waals surface area contributed by atoms with Gasteiger partial charge in [-0.2, -0.15) is 4.57 Å². The molecule has 0 atom stereocenters. The summed E-state index contributed by atoms with van der Waals surface area (Å²) in [4.78, 5) is 12.8. The molecule has 3 aromatic carbocycles. The second-order valence-corrected chi connectivity index (χ2v) is 7.69. The van der Waals surface area contributed by atoms with Gasteiger partial charge in [0.05, 0.1) is 19.6 Å². The molecule has 0 saturated carbocycles. The third-order valence-corrected chi connectivity index (χ3v) is 5.81. The Balaban J connectivity index is 1.66. The molecule has 0 fully saturated rings. The summed E-state index contributed by atoms with van der Waals surface area (Å²) in [5.74, 6) is 1.12. The van der Waals surface area contributed by atoms with E-state index < -0.39 is 0 Å². The van der Waals surface area contributed by atoms with Gasteiger partial charge < -0.3 is 14.8 Å². The van der Waals surface area contributed by atoms with Crippen LogP contribution < -0.4 is 19.4 Å². The predicted molar refractivity (Wildman–Crippen MR) is 112 cm³/mol. The number of aromatic nitrogens is 1. The van der Waals surface area contributed by atoms with Gasteiger partial charge in [0.2, 0.25) is 17.1 Å². The number of hydrogen-bond acceptors (Lipinski definition) is 4.